The molecule has 0 aromatic heterocycles. The molecule has 1 aliphatic heterocycles. The van der Waals surface area contributed by atoms with Crippen LogP contribution in [0.25, 0.3) is 0 Å². The van der Waals surface area contributed by atoms with Crippen molar-refractivity contribution >= 4 is 44.8 Å². The molecule has 1 aliphatic rings. The number of benzene rings is 3. The lowest BCUT2D eigenvalue weighted by atomic mass is 9.89. The summed E-state index contributed by atoms with van der Waals surface area (Å²) in [7, 11) is -4.08. The predicted molar refractivity (Wildman–Crippen MR) is 139 cm³/mol. The van der Waals surface area contributed by atoms with Gasteiger partial charge in [-0.1, -0.05) is 53.5 Å². The zero-order chi connectivity index (χ0) is 25.4. The number of aryl methyl sites for hydroxylation is 1. The fraction of sp³-hybridized carbons (Fsp3) is 0.269. The average Bonchev–Trinajstić information content (AvgIpc) is 2.76. The lowest BCUT2D eigenvalue weighted by Gasteiger charge is -2.38. The van der Waals surface area contributed by atoms with Crippen molar-refractivity contribution in [1.82, 2.24) is 5.32 Å². The number of fused-ring (bicyclic) bond motifs is 1. The van der Waals surface area contributed by atoms with E-state index in [4.69, 9.17) is 27.9 Å². The molecule has 9 heteroatoms. The summed E-state index contributed by atoms with van der Waals surface area (Å²) in [6.07, 6.45) is 0.531. The summed E-state index contributed by atoms with van der Waals surface area (Å²) in [6.45, 7) is 5.43. The molecular weight excluding hydrogens is 507 g/mol. The van der Waals surface area contributed by atoms with Gasteiger partial charge in [-0.05, 0) is 62.7 Å². The van der Waals surface area contributed by atoms with E-state index in [9.17, 15) is 13.2 Å². The summed E-state index contributed by atoms with van der Waals surface area (Å²) in [4.78, 5) is 13.4. The molecule has 0 spiro atoms. The van der Waals surface area contributed by atoms with Crippen LogP contribution in [-0.4, -0.2) is 26.5 Å². The first-order valence-electron chi connectivity index (χ1n) is 11.1. The van der Waals surface area contributed by atoms with E-state index in [-0.39, 0.29) is 26.7 Å². The minimum absolute atomic E-state index is 0.0527. The second kappa shape index (κ2) is 9.72. The summed E-state index contributed by atoms with van der Waals surface area (Å²) in [5.41, 5.74) is 1.59. The van der Waals surface area contributed by atoms with Gasteiger partial charge in [0.15, 0.2) is 0 Å². The first-order chi connectivity index (χ1) is 16.4. The topological polar surface area (TPSA) is 75.7 Å². The second-order valence-corrected chi connectivity index (χ2v) is 11.9. The highest BCUT2D eigenvalue weighted by atomic mass is 35.5. The van der Waals surface area contributed by atoms with Gasteiger partial charge in [0.05, 0.1) is 16.6 Å². The number of hydrogen-bond donors (Lipinski definition) is 1. The molecule has 1 N–H and O–H groups in total. The number of rotatable bonds is 6. The Hall–Kier alpha value is -2.74. The van der Waals surface area contributed by atoms with Crippen molar-refractivity contribution in [3.63, 3.8) is 0 Å². The van der Waals surface area contributed by atoms with Crippen molar-refractivity contribution in [2.75, 3.05) is 10.8 Å². The Bertz CT molecular complexity index is 1340. The number of sulfonamides is 1. The molecule has 1 heterocycles. The highest BCUT2D eigenvalue weighted by molar-refractivity contribution is 7.92. The van der Waals surface area contributed by atoms with Gasteiger partial charge in [-0.3, -0.25) is 9.10 Å². The summed E-state index contributed by atoms with van der Waals surface area (Å²) < 4.78 is 34.3. The number of carbonyl (C=O) groups excluding carboxylic acids is 1. The third kappa shape index (κ3) is 5.74. The highest BCUT2D eigenvalue weighted by Crippen LogP contribution is 2.40. The quantitative estimate of drug-likeness (QED) is 0.427. The number of nitrogens with one attached hydrogen (secondary N) is 1. The van der Waals surface area contributed by atoms with Gasteiger partial charge < -0.3 is 10.1 Å². The van der Waals surface area contributed by atoms with E-state index in [1.165, 1.54) is 30.3 Å². The maximum Gasteiger partial charge on any atom is 0.264 e. The van der Waals surface area contributed by atoms with Gasteiger partial charge in [-0.15, -0.1) is 0 Å². The van der Waals surface area contributed by atoms with Gasteiger partial charge in [-0.25, -0.2) is 8.42 Å². The van der Waals surface area contributed by atoms with Gasteiger partial charge in [0, 0.05) is 22.0 Å². The zero-order valence-electron chi connectivity index (χ0n) is 19.6. The van der Waals surface area contributed by atoms with Crippen LogP contribution in [-0.2, 0) is 14.8 Å². The largest absolute Gasteiger partial charge is 0.487 e. The molecule has 1 unspecified atom stereocenters. The maximum atomic E-state index is 13.6. The maximum absolute atomic E-state index is 13.6. The molecule has 3 aromatic rings. The molecule has 0 fully saturated rings. The molecule has 0 bridgehead atoms. The third-order valence-electron chi connectivity index (χ3n) is 5.72. The van der Waals surface area contributed by atoms with Crippen LogP contribution in [0, 0.1) is 6.92 Å². The van der Waals surface area contributed by atoms with E-state index >= 15 is 0 Å². The van der Waals surface area contributed by atoms with Crippen molar-refractivity contribution in [3.8, 4) is 5.75 Å². The van der Waals surface area contributed by atoms with Gasteiger partial charge in [0.25, 0.3) is 10.0 Å². The molecule has 0 saturated heterocycles. The van der Waals surface area contributed by atoms with E-state index in [2.05, 4.69) is 5.32 Å². The predicted octanol–water partition coefficient (Wildman–Crippen LogP) is 5.92. The van der Waals surface area contributed by atoms with Crippen LogP contribution in [0.3, 0.4) is 0 Å². The van der Waals surface area contributed by atoms with Crippen LogP contribution in [0.4, 0.5) is 5.69 Å². The number of amides is 1. The van der Waals surface area contributed by atoms with Crippen LogP contribution < -0.4 is 14.4 Å². The molecule has 4 rings (SSSR count). The SMILES string of the molecule is Cc1ccc2c(c1)OC(C)(C)CC2NC(=O)CN(c1cc(Cl)cc(Cl)c1)S(=O)(=O)c1ccccc1. The second-order valence-electron chi connectivity index (χ2n) is 9.18. The smallest absolute Gasteiger partial charge is 0.264 e. The molecule has 0 saturated carbocycles. The first-order valence-corrected chi connectivity index (χ1v) is 13.3. The lowest BCUT2D eigenvalue weighted by molar-refractivity contribution is -0.120. The third-order valence-corrected chi connectivity index (χ3v) is 7.94. The van der Waals surface area contributed by atoms with Crippen molar-refractivity contribution in [2.24, 2.45) is 0 Å². The first kappa shape index (κ1) is 25.4. The van der Waals surface area contributed by atoms with Gasteiger partial charge >= 0.3 is 0 Å². The molecule has 6 nitrogen and oxygen atoms in total. The Morgan fingerprint density at radius 3 is 2.37 bits per heavy atom. The number of nitrogens with zero attached hydrogens (tertiary/aromatic N) is 1. The fourth-order valence-electron chi connectivity index (χ4n) is 4.18. The Labute approximate surface area is 215 Å². The molecule has 1 amide bonds. The Morgan fingerprint density at radius 2 is 1.71 bits per heavy atom. The number of hydrogen-bond acceptors (Lipinski definition) is 4. The van der Waals surface area contributed by atoms with E-state index < -0.39 is 28.1 Å². The number of ether oxygens (including phenoxy) is 1. The van der Waals surface area contributed by atoms with Crippen molar-refractivity contribution in [2.45, 2.75) is 43.7 Å². The van der Waals surface area contributed by atoms with Crippen LogP contribution >= 0.6 is 23.2 Å². The number of halogens is 2. The Balaban J connectivity index is 1.67. The summed E-state index contributed by atoms with van der Waals surface area (Å²) >= 11 is 12.3. The van der Waals surface area contributed by atoms with E-state index in [1.807, 2.05) is 39.0 Å². The highest BCUT2D eigenvalue weighted by Gasteiger charge is 2.35. The standard InChI is InChI=1S/C26H26Cl2N2O4S/c1-17-9-10-22-23(15-26(2,3)34-24(22)11-17)29-25(31)16-30(20-13-18(27)12-19(28)14-20)35(32,33)21-7-5-4-6-8-21/h4-14,23H,15-16H2,1-3H3,(H,29,31). The summed E-state index contributed by atoms with van der Waals surface area (Å²) in [6, 6.07) is 17.9. The van der Waals surface area contributed by atoms with E-state index in [0.717, 1.165) is 15.4 Å². The number of carbonyl (C=O) groups is 1. The van der Waals surface area contributed by atoms with Crippen molar-refractivity contribution < 1.29 is 17.9 Å². The van der Waals surface area contributed by atoms with Crippen LogP contribution in [0.2, 0.25) is 10.0 Å². The Morgan fingerprint density at radius 1 is 1.06 bits per heavy atom. The minimum atomic E-state index is -4.08. The molecule has 0 aliphatic carbocycles. The Kier molecular flexibility index (Phi) is 7.04. The zero-order valence-corrected chi connectivity index (χ0v) is 21.9. The molecule has 1 atom stereocenters. The van der Waals surface area contributed by atoms with Crippen LogP contribution in [0.5, 0.6) is 5.75 Å². The van der Waals surface area contributed by atoms with Gasteiger partial charge in [0.2, 0.25) is 5.91 Å². The summed E-state index contributed by atoms with van der Waals surface area (Å²) in [5.74, 6) is 0.247. The average molecular weight is 533 g/mol. The van der Waals surface area contributed by atoms with Crippen LogP contribution in [0.1, 0.15) is 37.4 Å². The minimum Gasteiger partial charge on any atom is -0.487 e. The fourth-order valence-corrected chi connectivity index (χ4v) is 6.12. The van der Waals surface area contributed by atoms with Crippen LogP contribution in [0.15, 0.2) is 71.6 Å². The molecule has 3 aromatic carbocycles. The van der Waals surface area contributed by atoms with Crippen molar-refractivity contribution in [3.05, 3.63) is 87.9 Å². The monoisotopic (exact) mass is 532 g/mol. The molecular formula is C26H26Cl2N2O4S. The molecule has 35 heavy (non-hydrogen) atoms. The van der Waals surface area contributed by atoms with E-state index in [0.29, 0.717) is 12.2 Å². The normalized spacial score (nSPS) is 16.7. The van der Waals surface area contributed by atoms with Gasteiger partial charge in [0.1, 0.15) is 17.9 Å². The lowest BCUT2D eigenvalue weighted by Crippen LogP contribution is -2.45. The van der Waals surface area contributed by atoms with Gasteiger partial charge in [-0.2, -0.15) is 0 Å². The summed E-state index contributed by atoms with van der Waals surface area (Å²) in [5, 5.41) is 3.53. The van der Waals surface area contributed by atoms with E-state index in [1.54, 1.807) is 18.2 Å². The van der Waals surface area contributed by atoms with Crippen molar-refractivity contribution in [1.29, 1.82) is 0 Å². The number of anilines is 1. The molecule has 0 radical (unpaired) electrons. The molecule has 184 valence electrons.